The van der Waals surface area contributed by atoms with Crippen molar-refractivity contribution in [3.05, 3.63) is 17.5 Å². The molecular formula is C17H26N4O. The molecule has 0 radical (unpaired) electrons. The number of amides is 1. The first-order chi connectivity index (χ1) is 10.6. The maximum Gasteiger partial charge on any atom is 0.225 e. The molecule has 1 aromatic rings. The lowest BCUT2D eigenvalue weighted by molar-refractivity contribution is -0.125. The predicted molar refractivity (Wildman–Crippen MR) is 86.9 cm³/mol. The number of nitrogens with zero attached hydrogens (tertiary/aromatic N) is 3. The van der Waals surface area contributed by atoms with Crippen LogP contribution in [0.2, 0.25) is 0 Å². The summed E-state index contributed by atoms with van der Waals surface area (Å²) in [6, 6.07) is 0.201. The highest BCUT2D eigenvalue weighted by Gasteiger charge is 2.27. The lowest BCUT2D eigenvalue weighted by Crippen LogP contribution is -2.38. The number of hydrogen-bond acceptors (Lipinski definition) is 4. The molecular weight excluding hydrogens is 276 g/mol. The van der Waals surface area contributed by atoms with Crippen LogP contribution in [0, 0.1) is 5.92 Å². The summed E-state index contributed by atoms with van der Waals surface area (Å²) in [7, 11) is 0. The van der Waals surface area contributed by atoms with Crippen molar-refractivity contribution in [3.63, 3.8) is 0 Å². The minimum Gasteiger partial charge on any atom is -0.354 e. The average molecular weight is 302 g/mol. The minimum absolute atomic E-state index is 0.0688. The van der Waals surface area contributed by atoms with E-state index in [9.17, 15) is 4.79 Å². The van der Waals surface area contributed by atoms with Crippen LogP contribution in [0.5, 0.6) is 0 Å². The number of aryl methyl sites for hydroxylation is 1. The SMILES string of the molecule is CC(C)NC(=O)C1CCc2nc(N3CCCCC3)ncc2C1. The van der Waals surface area contributed by atoms with Crippen LogP contribution in [-0.2, 0) is 17.6 Å². The summed E-state index contributed by atoms with van der Waals surface area (Å²) >= 11 is 0. The lowest BCUT2D eigenvalue weighted by Gasteiger charge is -2.29. The van der Waals surface area contributed by atoms with Gasteiger partial charge in [-0.25, -0.2) is 9.97 Å². The van der Waals surface area contributed by atoms with Gasteiger partial charge in [-0.1, -0.05) is 0 Å². The number of fused-ring (bicyclic) bond motifs is 1. The van der Waals surface area contributed by atoms with E-state index in [2.05, 4.69) is 15.2 Å². The first-order valence-corrected chi connectivity index (χ1v) is 8.53. The van der Waals surface area contributed by atoms with Crippen molar-refractivity contribution in [1.29, 1.82) is 0 Å². The number of piperidine rings is 1. The monoisotopic (exact) mass is 302 g/mol. The molecule has 1 N–H and O–H groups in total. The smallest absolute Gasteiger partial charge is 0.225 e. The van der Waals surface area contributed by atoms with E-state index in [1.165, 1.54) is 19.3 Å². The highest BCUT2D eigenvalue weighted by atomic mass is 16.1. The summed E-state index contributed by atoms with van der Waals surface area (Å²) in [5.41, 5.74) is 2.29. The van der Waals surface area contributed by atoms with E-state index in [1.807, 2.05) is 20.0 Å². The fraction of sp³-hybridized carbons (Fsp3) is 0.706. The Labute approximate surface area is 132 Å². The van der Waals surface area contributed by atoms with Crippen LogP contribution in [0.15, 0.2) is 6.20 Å². The van der Waals surface area contributed by atoms with Crippen molar-refractivity contribution in [1.82, 2.24) is 15.3 Å². The normalized spacial score (nSPS) is 21.6. The topological polar surface area (TPSA) is 58.1 Å². The highest BCUT2D eigenvalue weighted by Crippen LogP contribution is 2.26. The molecule has 2 aliphatic rings. The Morgan fingerprint density at radius 3 is 2.82 bits per heavy atom. The number of carbonyl (C=O) groups is 1. The number of aromatic nitrogens is 2. The number of carbonyl (C=O) groups excluding carboxylic acids is 1. The van der Waals surface area contributed by atoms with Gasteiger partial charge in [0, 0.05) is 36.9 Å². The maximum absolute atomic E-state index is 12.2. The van der Waals surface area contributed by atoms with E-state index in [0.717, 1.165) is 49.6 Å². The Balaban J connectivity index is 1.69. The van der Waals surface area contributed by atoms with Crippen LogP contribution in [-0.4, -0.2) is 35.0 Å². The molecule has 120 valence electrons. The summed E-state index contributed by atoms with van der Waals surface area (Å²) < 4.78 is 0. The van der Waals surface area contributed by atoms with Crippen molar-refractivity contribution >= 4 is 11.9 Å². The third-order valence-electron chi connectivity index (χ3n) is 4.58. The van der Waals surface area contributed by atoms with E-state index < -0.39 is 0 Å². The summed E-state index contributed by atoms with van der Waals surface area (Å²) in [5, 5.41) is 3.02. The van der Waals surface area contributed by atoms with Gasteiger partial charge in [-0.3, -0.25) is 4.79 Å². The Morgan fingerprint density at radius 1 is 1.32 bits per heavy atom. The molecule has 1 fully saturated rings. The second-order valence-electron chi connectivity index (χ2n) is 6.79. The van der Waals surface area contributed by atoms with Gasteiger partial charge in [0.15, 0.2) is 0 Å². The Hall–Kier alpha value is -1.65. The van der Waals surface area contributed by atoms with Gasteiger partial charge in [0.05, 0.1) is 0 Å². The van der Waals surface area contributed by atoms with Gasteiger partial charge in [0.25, 0.3) is 0 Å². The molecule has 3 rings (SSSR count). The van der Waals surface area contributed by atoms with Gasteiger partial charge < -0.3 is 10.2 Å². The van der Waals surface area contributed by atoms with Gasteiger partial charge in [0.2, 0.25) is 11.9 Å². The third kappa shape index (κ3) is 3.39. The second-order valence-corrected chi connectivity index (χ2v) is 6.79. The third-order valence-corrected chi connectivity index (χ3v) is 4.58. The molecule has 0 saturated carbocycles. The summed E-state index contributed by atoms with van der Waals surface area (Å²) in [4.78, 5) is 23.8. The Bertz CT molecular complexity index is 537. The molecule has 1 atom stereocenters. The van der Waals surface area contributed by atoms with Crippen LogP contribution in [0.4, 0.5) is 5.95 Å². The lowest BCUT2D eigenvalue weighted by atomic mass is 9.86. The molecule has 1 aliphatic heterocycles. The zero-order valence-corrected chi connectivity index (χ0v) is 13.6. The number of hydrogen-bond donors (Lipinski definition) is 1. The van der Waals surface area contributed by atoms with Crippen LogP contribution >= 0.6 is 0 Å². The van der Waals surface area contributed by atoms with Crippen molar-refractivity contribution < 1.29 is 4.79 Å². The molecule has 1 aromatic heterocycles. The fourth-order valence-corrected chi connectivity index (χ4v) is 3.37. The summed E-state index contributed by atoms with van der Waals surface area (Å²) in [6.07, 6.45) is 8.27. The van der Waals surface area contributed by atoms with Gasteiger partial charge in [-0.15, -0.1) is 0 Å². The molecule has 22 heavy (non-hydrogen) atoms. The highest BCUT2D eigenvalue weighted by molar-refractivity contribution is 5.79. The Kier molecular flexibility index (Phi) is 4.60. The summed E-state index contributed by atoms with van der Waals surface area (Å²) in [6.45, 7) is 6.14. The quantitative estimate of drug-likeness (QED) is 0.929. The standard InChI is InChI=1S/C17H26N4O/c1-12(2)19-16(22)13-6-7-15-14(10-13)11-18-17(20-15)21-8-4-3-5-9-21/h11-13H,3-10H2,1-2H3,(H,19,22). The first-order valence-electron chi connectivity index (χ1n) is 8.53. The van der Waals surface area contributed by atoms with E-state index in [0.29, 0.717) is 0 Å². The summed E-state index contributed by atoms with van der Waals surface area (Å²) in [5.74, 6) is 1.11. The molecule has 1 unspecified atom stereocenters. The molecule has 0 spiro atoms. The van der Waals surface area contributed by atoms with Crippen LogP contribution < -0.4 is 10.2 Å². The van der Waals surface area contributed by atoms with Crippen molar-refractivity contribution in [3.8, 4) is 0 Å². The average Bonchev–Trinajstić information content (AvgIpc) is 2.54. The van der Waals surface area contributed by atoms with Crippen LogP contribution in [0.3, 0.4) is 0 Å². The first kappa shape index (κ1) is 15.3. The van der Waals surface area contributed by atoms with E-state index in [1.54, 1.807) is 0 Å². The number of anilines is 1. The molecule has 1 aliphatic carbocycles. The molecule has 0 bridgehead atoms. The molecule has 2 heterocycles. The van der Waals surface area contributed by atoms with E-state index >= 15 is 0 Å². The molecule has 0 aromatic carbocycles. The zero-order chi connectivity index (χ0) is 15.5. The molecule has 5 heteroatoms. The fourth-order valence-electron chi connectivity index (χ4n) is 3.37. The van der Waals surface area contributed by atoms with Crippen LogP contribution in [0.1, 0.15) is 50.8 Å². The minimum atomic E-state index is 0.0688. The number of rotatable bonds is 3. The maximum atomic E-state index is 12.2. The predicted octanol–water partition coefficient (Wildman–Crippen LogP) is 2.10. The van der Waals surface area contributed by atoms with Crippen molar-refractivity contribution in [2.45, 2.75) is 58.4 Å². The van der Waals surface area contributed by atoms with E-state index in [-0.39, 0.29) is 17.9 Å². The van der Waals surface area contributed by atoms with Crippen LogP contribution in [0.25, 0.3) is 0 Å². The van der Waals surface area contributed by atoms with Gasteiger partial charge in [0.1, 0.15) is 0 Å². The molecule has 1 saturated heterocycles. The molecule has 5 nitrogen and oxygen atoms in total. The van der Waals surface area contributed by atoms with Crippen molar-refractivity contribution in [2.75, 3.05) is 18.0 Å². The second kappa shape index (κ2) is 6.63. The van der Waals surface area contributed by atoms with Gasteiger partial charge >= 0.3 is 0 Å². The zero-order valence-electron chi connectivity index (χ0n) is 13.6. The number of nitrogens with one attached hydrogen (secondary N) is 1. The Morgan fingerprint density at radius 2 is 2.09 bits per heavy atom. The van der Waals surface area contributed by atoms with E-state index in [4.69, 9.17) is 4.98 Å². The molecule has 1 amide bonds. The van der Waals surface area contributed by atoms with Gasteiger partial charge in [-0.05, 0) is 57.9 Å². The van der Waals surface area contributed by atoms with Crippen molar-refractivity contribution in [2.24, 2.45) is 5.92 Å². The largest absolute Gasteiger partial charge is 0.354 e. The van der Waals surface area contributed by atoms with Gasteiger partial charge in [-0.2, -0.15) is 0 Å².